The molecule has 0 aromatic heterocycles. The second-order valence-corrected chi connectivity index (χ2v) is 6.62. The van der Waals surface area contributed by atoms with E-state index in [4.69, 9.17) is 0 Å². The van der Waals surface area contributed by atoms with Gasteiger partial charge in [0.25, 0.3) is 0 Å². The summed E-state index contributed by atoms with van der Waals surface area (Å²) in [5, 5.41) is 6.31. The molecule has 138 valence electrons. The van der Waals surface area contributed by atoms with Crippen molar-refractivity contribution in [2.24, 2.45) is 5.92 Å². The van der Waals surface area contributed by atoms with Crippen LogP contribution >= 0.6 is 12.4 Å². The van der Waals surface area contributed by atoms with E-state index < -0.39 is 0 Å². The van der Waals surface area contributed by atoms with E-state index in [1.807, 2.05) is 31.2 Å². The van der Waals surface area contributed by atoms with Gasteiger partial charge in [0, 0.05) is 57.9 Å². The second kappa shape index (κ2) is 9.17. The highest BCUT2D eigenvalue weighted by molar-refractivity contribution is 6.00. The highest BCUT2D eigenvalue weighted by Gasteiger charge is 2.34. The first kappa shape index (κ1) is 19.7. The van der Waals surface area contributed by atoms with Gasteiger partial charge in [-0.3, -0.25) is 14.5 Å². The third-order valence-electron chi connectivity index (χ3n) is 4.78. The van der Waals surface area contributed by atoms with Crippen LogP contribution in [0.25, 0.3) is 0 Å². The first-order valence-electron chi connectivity index (χ1n) is 8.71. The Bertz CT molecular complexity index is 587. The van der Waals surface area contributed by atoms with Crippen LogP contribution in [0.2, 0.25) is 0 Å². The van der Waals surface area contributed by atoms with Crippen molar-refractivity contribution >= 4 is 29.9 Å². The lowest BCUT2D eigenvalue weighted by Crippen LogP contribution is -2.46. The molecule has 0 radical (unpaired) electrons. The molecule has 2 aliphatic rings. The molecule has 2 saturated heterocycles. The zero-order valence-corrected chi connectivity index (χ0v) is 15.5. The highest BCUT2D eigenvalue weighted by atomic mass is 35.5. The van der Waals surface area contributed by atoms with Crippen molar-refractivity contribution in [2.75, 3.05) is 50.7 Å². The second-order valence-electron chi connectivity index (χ2n) is 6.62. The summed E-state index contributed by atoms with van der Waals surface area (Å²) in [5.41, 5.74) is 2.04. The maximum Gasteiger partial charge on any atom is 0.227 e. The number of piperazine rings is 1. The van der Waals surface area contributed by atoms with Crippen LogP contribution in [0.3, 0.4) is 0 Å². The molecule has 25 heavy (non-hydrogen) atoms. The molecule has 2 heterocycles. The molecular weight excluding hydrogens is 340 g/mol. The number of amides is 2. The number of anilines is 1. The minimum Gasteiger partial charge on any atom is -0.355 e. The highest BCUT2D eigenvalue weighted by Crippen LogP contribution is 2.25. The number of benzene rings is 1. The quantitative estimate of drug-likeness (QED) is 0.808. The lowest BCUT2D eigenvalue weighted by atomic mass is 10.1. The van der Waals surface area contributed by atoms with E-state index in [0.29, 0.717) is 19.5 Å². The molecule has 7 heteroatoms. The molecule has 2 fully saturated rings. The van der Waals surface area contributed by atoms with Crippen molar-refractivity contribution in [1.29, 1.82) is 0 Å². The van der Waals surface area contributed by atoms with Crippen LogP contribution in [-0.2, 0) is 9.59 Å². The van der Waals surface area contributed by atoms with Gasteiger partial charge < -0.3 is 15.5 Å². The van der Waals surface area contributed by atoms with Gasteiger partial charge in [0.05, 0.1) is 5.92 Å². The van der Waals surface area contributed by atoms with Crippen LogP contribution in [-0.4, -0.2) is 62.5 Å². The summed E-state index contributed by atoms with van der Waals surface area (Å²) in [5.74, 6) is -0.226. The van der Waals surface area contributed by atoms with E-state index in [1.54, 1.807) is 4.90 Å². The number of halogens is 1. The van der Waals surface area contributed by atoms with Crippen molar-refractivity contribution in [3.05, 3.63) is 29.8 Å². The molecule has 2 aliphatic heterocycles. The summed E-state index contributed by atoms with van der Waals surface area (Å²) < 4.78 is 0. The van der Waals surface area contributed by atoms with Gasteiger partial charge in [-0.2, -0.15) is 0 Å². The number of rotatable bonds is 5. The standard InChI is InChI=1S/C18H26N4O2.ClH/c1-14-2-4-16(5-3-14)22-13-15(12-17(22)23)18(24)20-8-11-21-9-6-19-7-10-21;/h2-5,15,19H,6-13H2,1H3,(H,20,24);1H. The first-order chi connectivity index (χ1) is 11.6. The first-order valence-corrected chi connectivity index (χ1v) is 8.71. The number of carbonyl (C=O) groups excluding carboxylic acids is 2. The third kappa shape index (κ3) is 5.17. The lowest BCUT2D eigenvalue weighted by molar-refractivity contribution is -0.126. The predicted octanol–water partition coefficient (Wildman–Crippen LogP) is 0.791. The zero-order valence-electron chi connectivity index (χ0n) is 14.7. The number of aryl methyl sites for hydroxylation is 1. The van der Waals surface area contributed by atoms with E-state index in [0.717, 1.165) is 44.0 Å². The van der Waals surface area contributed by atoms with Gasteiger partial charge in [-0.05, 0) is 19.1 Å². The maximum atomic E-state index is 12.3. The number of hydrogen-bond acceptors (Lipinski definition) is 4. The SMILES string of the molecule is Cc1ccc(N2CC(C(=O)NCCN3CCNCC3)CC2=O)cc1.Cl. The van der Waals surface area contributed by atoms with Gasteiger partial charge >= 0.3 is 0 Å². The largest absolute Gasteiger partial charge is 0.355 e. The molecule has 2 amide bonds. The molecule has 0 aliphatic carbocycles. The Morgan fingerprint density at radius 1 is 1.24 bits per heavy atom. The van der Waals surface area contributed by atoms with Crippen LogP contribution in [0.1, 0.15) is 12.0 Å². The third-order valence-corrected chi connectivity index (χ3v) is 4.78. The average Bonchev–Trinajstić information content (AvgIpc) is 2.98. The molecule has 1 aromatic rings. The average molecular weight is 367 g/mol. The van der Waals surface area contributed by atoms with E-state index in [1.165, 1.54) is 0 Å². The van der Waals surface area contributed by atoms with E-state index in [-0.39, 0.29) is 30.1 Å². The van der Waals surface area contributed by atoms with Gasteiger partial charge in [0.2, 0.25) is 11.8 Å². The van der Waals surface area contributed by atoms with E-state index in [9.17, 15) is 9.59 Å². The number of hydrogen-bond donors (Lipinski definition) is 2. The number of nitrogens with zero attached hydrogens (tertiary/aromatic N) is 2. The number of nitrogens with one attached hydrogen (secondary N) is 2. The normalized spacial score (nSPS) is 21.1. The minimum absolute atomic E-state index is 0. The Morgan fingerprint density at radius 2 is 1.92 bits per heavy atom. The maximum absolute atomic E-state index is 12.3. The van der Waals surface area contributed by atoms with Crippen LogP contribution in [0.15, 0.2) is 24.3 Å². The van der Waals surface area contributed by atoms with Crippen LogP contribution in [0.4, 0.5) is 5.69 Å². The van der Waals surface area contributed by atoms with Gasteiger partial charge in [-0.25, -0.2) is 0 Å². The van der Waals surface area contributed by atoms with Crippen molar-refractivity contribution in [2.45, 2.75) is 13.3 Å². The monoisotopic (exact) mass is 366 g/mol. The topological polar surface area (TPSA) is 64.7 Å². The molecule has 2 N–H and O–H groups in total. The fourth-order valence-electron chi connectivity index (χ4n) is 3.27. The summed E-state index contributed by atoms with van der Waals surface area (Å²) in [7, 11) is 0. The predicted molar refractivity (Wildman–Crippen MR) is 101 cm³/mol. The summed E-state index contributed by atoms with van der Waals surface area (Å²) in [6.45, 7) is 8.08. The molecule has 3 rings (SSSR count). The summed E-state index contributed by atoms with van der Waals surface area (Å²) in [6, 6.07) is 7.86. The van der Waals surface area contributed by atoms with Gasteiger partial charge in [0.1, 0.15) is 0 Å². The number of carbonyl (C=O) groups is 2. The van der Waals surface area contributed by atoms with Crippen LogP contribution < -0.4 is 15.5 Å². The fourth-order valence-corrected chi connectivity index (χ4v) is 3.27. The molecule has 1 aromatic carbocycles. The molecule has 0 spiro atoms. The molecule has 1 unspecified atom stereocenters. The van der Waals surface area contributed by atoms with Crippen molar-refractivity contribution in [3.8, 4) is 0 Å². The van der Waals surface area contributed by atoms with Gasteiger partial charge in [0.15, 0.2) is 0 Å². The molecule has 0 bridgehead atoms. The zero-order chi connectivity index (χ0) is 16.9. The Labute approximate surface area is 155 Å². The van der Waals surface area contributed by atoms with E-state index >= 15 is 0 Å². The van der Waals surface area contributed by atoms with Crippen LogP contribution in [0, 0.1) is 12.8 Å². The summed E-state index contributed by atoms with van der Waals surface area (Å²) in [6.07, 6.45) is 0.299. The molecule has 6 nitrogen and oxygen atoms in total. The van der Waals surface area contributed by atoms with E-state index in [2.05, 4.69) is 15.5 Å². The summed E-state index contributed by atoms with van der Waals surface area (Å²) >= 11 is 0. The van der Waals surface area contributed by atoms with Gasteiger partial charge in [-0.1, -0.05) is 17.7 Å². The smallest absolute Gasteiger partial charge is 0.227 e. The summed E-state index contributed by atoms with van der Waals surface area (Å²) in [4.78, 5) is 28.6. The fraction of sp³-hybridized carbons (Fsp3) is 0.556. The Hall–Kier alpha value is -1.63. The molecular formula is C18H27ClN4O2. The van der Waals surface area contributed by atoms with Crippen LogP contribution in [0.5, 0.6) is 0 Å². The molecule has 1 atom stereocenters. The molecule has 0 saturated carbocycles. The Balaban J connectivity index is 0.00000225. The minimum atomic E-state index is -0.248. The lowest BCUT2D eigenvalue weighted by Gasteiger charge is -2.27. The Kier molecular flexibility index (Phi) is 7.23. The van der Waals surface area contributed by atoms with Gasteiger partial charge in [-0.15, -0.1) is 12.4 Å². The van der Waals surface area contributed by atoms with Crippen molar-refractivity contribution in [3.63, 3.8) is 0 Å². The Morgan fingerprint density at radius 3 is 2.60 bits per heavy atom. The van der Waals surface area contributed by atoms with Crippen molar-refractivity contribution < 1.29 is 9.59 Å². The van der Waals surface area contributed by atoms with Crippen molar-refractivity contribution in [1.82, 2.24) is 15.5 Å².